The second-order valence-electron chi connectivity index (χ2n) is 14.0. The predicted molar refractivity (Wildman–Crippen MR) is 206 cm³/mol. The van der Waals surface area contributed by atoms with Gasteiger partial charge >= 0.3 is 12.2 Å². The van der Waals surface area contributed by atoms with E-state index in [1.807, 2.05) is 36.4 Å². The van der Waals surface area contributed by atoms with E-state index >= 15 is 0 Å². The Morgan fingerprint density at radius 1 is 0.789 bits per heavy atom. The molecule has 0 saturated carbocycles. The van der Waals surface area contributed by atoms with Crippen LogP contribution >= 0.6 is 0 Å². The first kappa shape index (κ1) is 40.6. The van der Waals surface area contributed by atoms with E-state index in [0.717, 1.165) is 28.8 Å². The van der Waals surface area contributed by atoms with Crippen LogP contribution in [0.5, 0.6) is 0 Å². The van der Waals surface area contributed by atoms with E-state index in [1.54, 1.807) is 31.0 Å². The highest BCUT2D eigenvalue weighted by molar-refractivity contribution is 6.04. The zero-order valence-corrected chi connectivity index (χ0v) is 32.7. The molecule has 2 aromatic carbocycles. The van der Waals surface area contributed by atoms with Crippen LogP contribution in [0.15, 0.2) is 53.2 Å². The minimum atomic E-state index is -1.05. The van der Waals surface area contributed by atoms with Gasteiger partial charge in [0.15, 0.2) is 11.4 Å². The number of ether oxygens (including phenoxy) is 4. The Balaban J connectivity index is 1.15. The molecule has 6 rings (SSSR count). The monoisotopic (exact) mass is 788 g/mol. The van der Waals surface area contributed by atoms with Crippen molar-refractivity contribution < 1.29 is 47.4 Å². The standard InChI is InChI=1S/C39H48N8O10/c1-21(53-3)31(42-38(51)55-5)36(49)46-17-7-9-28(46)34-40-20-27(41-34)24-13-11-23(12-14-24)25-15-16-30-26(19-25)33(45-57-30)44-35(48)29-10-8-18-47(29)37(50)32(22(2)54-4)43-39(52)56-6/h11-16,19-22,28-29,31-32H,7-10,17-18H2,1-6H3,(H,40,41)(H,42,51)(H,43,52)(H,44,45,48)/t21-,22-,28+,29+,31+,32+/m1/s1. The molecule has 2 saturated heterocycles. The maximum absolute atomic E-state index is 13.6. The van der Waals surface area contributed by atoms with Crippen LogP contribution in [0.3, 0.4) is 0 Å². The van der Waals surface area contributed by atoms with Gasteiger partial charge in [-0.1, -0.05) is 35.5 Å². The lowest BCUT2D eigenvalue weighted by Gasteiger charge is -2.30. The number of methoxy groups -OCH3 is 4. The molecular formula is C39H48N8O10. The van der Waals surface area contributed by atoms with E-state index in [2.05, 4.69) is 31.1 Å². The van der Waals surface area contributed by atoms with Crippen LogP contribution in [0.4, 0.5) is 15.4 Å². The minimum absolute atomic E-state index is 0.218. The van der Waals surface area contributed by atoms with Gasteiger partial charge in [0.2, 0.25) is 17.7 Å². The molecule has 4 aromatic rings. The number of rotatable bonds is 13. The SMILES string of the molecule is COC(=O)N[C@H](C(=O)N1CCC[C@H]1C(=O)Nc1noc2ccc(-c3ccc(-c4cnc([C@@H]5CCCN5C(=O)[C@@H](NC(=O)OC)[C@@H](C)OC)[nH]4)cc3)cc12)[C@@H](C)OC. The molecule has 4 heterocycles. The highest BCUT2D eigenvalue weighted by atomic mass is 16.5. The Morgan fingerprint density at radius 3 is 2.00 bits per heavy atom. The van der Waals surface area contributed by atoms with Crippen molar-refractivity contribution in [3.63, 3.8) is 0 Å². The van der Waals surface area contributed by atoms with Gasteiger partial charge in [-0.25, -0.2) is 14.6 Å². The van der Waals surface area contributed by atoms with Crippen molar-refractivity contribution in [1.29, 1.82) is 0 Å². The molecule has 5 amide bonds. The van der Waals surface area contributed by atoms with Gasteiger partial charge in [0.25, 0.3) is 0 Å². The number of aromatic amines is 1. The number of nitrogens with zero attached hydrogens (tertiary/aromatic N) is 4. The van der Waals surface area contributed by atoms with Crippen LogP contribution in [0.1, 0.15) is 51.4 Å². The number of hydrogen-bond donors (Lipinski definition) is 4. The van der Waals surface area contributed by atoms with Crippen LogP contribution in [0.2, 0.25) is 0 Å². The second-order valence-corrected chi connectivity index (χ2v) is 14.0. The second kappa shape index (κ2) is 17.8. The van der Waals surface area contributed by atoms with E-state index in [-0.39, 0.29) is 17.8 Å². The van der Waals surface area contributed by atoms with E-state index in [4.69, 9.17) is 23.5 Å². The maximum Gasteiger partial charge on any atom is 0.407 e. The van der Waals surface area contributed by atoms with E-state index in [0.29, 0.717) is 49.1 Å². The molecule has 2 aromatic heterocycles. The molecule has 2 fully saturated rings. The van der Waals surface area contributed by atoms with Gasteiger partial charge in [0.05, 0.1) is 49.7 Å². The zero-order chi connectivity index (χ0) is 40.8. The molecule has 2 aliphatic heterocycles. The summed E-state index contributed by atoms with van der Waals surface area (Å²) >= 11 is 0. The average Bonchev–Trinajstić information content (AvgIpc) is 4.08. The van der Waals surface area contributed by atoms with Crippen molar-refractivity contribution in [2.75, 3.05) is 46.8 Å². The molecule has 18 nitrogen and oxygen atoms in total. The fourth-order valence-corrected chi connectivity index (χ4v) is 7.28. The average molecular weight is 789 g/mol. The smallest absolute Gasteiger partial charge is 0.407 e. The summed E-state index contributed by atoms with van der Waals surface area (Å²) in [7, 11) is 5.35. The number of alkyl carbamates (subject to hydrolysis) is 2. The Kier molecular flexibility index (Phi) is 12.7. The van der Waals surface area contributed by atoms with Crippen molar-refractivity contribution in [2.45, 2.75) is 75.9 Å². The number of carbonyl (C=O) groups is 5. The number of anilines is 1. The molecule has 57 heavy (non-hydrogen) atoms. The predicted octanol–water partition coefficient (Wildman–Crippen LogP) is 4.00. The van der Waals surface area contributed by atoms with Gasteiger partial charge in [-0.05, 0) is 68.4 Å². The van der Waals surface area contributed by atoms with Crippen molar-refractivity contribution in [3.8, 4) is 22.4 Å². The van der Waals surface area contributed by atoms with Gasteiger partial charge in [-0.2, -0.15) is 0 Å². The fraction of sp³-hybridized carbons (Fsp3) is 0.462. The Hall–Kier alpha value is -6.01. The topological polar surface area (TPSA) is 220 Å². The third-order valence-electron chi connectivity index (χ3n) is 10.7. The van der Waals surface area contributed by atoms with Gasteiger partial charge in [0.1, 0.15) is 23.9 Å². The van der Waals surface area contributed by atoms with E-state index in [9.17, 15) is 24.0 Å². The summed E-state index contributed by atoms with van der Waals surface area (Å²) in [6.45, 7) is 4.20. The van der Waals surface area contributed by atoms with E-state index in [1.165, 1.54) is 33.3 Å². The Morgan fingerprint density at radius 2 is 1.37 bits per heavy atom. The highest BCUT2D eigenvalue weighted by Gasteiger charge is 2.41. The third-order valence-corrected chi connectivity index (χ3v) is 10.7. The first-order chi connectivity index (χ1) is 27.5. The number of likely N-dealkylation sites (tertiary alicyclic amines) is 2. The number of amides is 5. The first-order valence-electron chi connectivity index (χ1n) is 18.7. The largest absolute Gasteiger partial charge is 0.453 e. The highest BCUT2D eigenvalue weighted by Crippen LogP contribution is 2.34. The molecule has 6 atom stereocenters. The Labute approximate surface area is 328 Å². The maximum atomic E-state index is 13.6. The molecule has 0 bridgehead atoms. The van der Waals surface area contributed by atoms with Crippen LogP contribution in [0.25, 0.3) is 33.4 Å². The van der Waals surface area contributed by atoms with Gasteiger partial charge in [-0.3, -0.25) is 14.4 Å². The zero-order valence-electron chi connectivity index (χ0n) is 32.7. The van der Waals surface area contributed by atoms with Crippen molar-refractivity contribution in [1.82, 2.24) is 35.6 Å². The van der Waals surface area contributed by atoms with Crippen LogP contribution in [0, 0.1) is 0 Å². The minimum Gasteiger partial charge on any atom is -0.453 e. The summed E-state index contributed by atoms with van der Waals surface area (Å²) < 4.78 is 25.7. The molecule has 18 heteroatoms. The van der Waals surface area contributed by atoms with Crippen LogP contribution in [-0.4, -0.2) is 127 Å². The molecule has 0 aliphatic carbocycles. The molecule has 4 N–H and O–H groups in total. The van der Waals surface area contributed by atoms with Crippen molar-refractivity contribution >= 4 is 46.7 Å². The fourth-order valence-electron chi connectivity index (χ4n) is 7.28. The molecular weight excluding hydrogens is 740 g/mol. The summed E-state index contributed by atoms with van der Waals surface area (Å²) in [6, 6.07) is 10.3. The normalized spacial score (nSPS) is 18.8. The van der Waals surface area contributed by atoms with Gasteiger partial charge in [0, 0.05) is 27.3 Å². The van der Waals surface area contributed by atoms with Crippen LogP contribution < -0.4 is 16.0 Å². The van der Waals surface area contributed by atoms with Crippen LogP contribution in [-0.2, 0) is 33.3 Å². The number of H-pyrrole nitrogens is 1. The third kappa shape index (κ3) is 8.71. The lowest BCUT2D eigenvalue weighted by molar-refractivity contribution is -0.141. The van der Waals surface area contributed by atoms with Gasteiger partial charge in [-0.15, -0.1) is 0 Å². The molecule has 304 valence electrons. The molecule has 0 spiro atoms. The lowest BCUT2D eigenvalue weighted by atomic mass is 10.0. The summed E-state index contributed by atoms with van der Waals surface area (Å²) in [5.74, 6) is -0.310. The summed E-state index contributed by atoms with van der Waals surface area (Å²) in [5, 5.41) is 12.7. The lowest BCUT2D eigenvalue weighted by Crippen LogP contribution is -2.56. The van der Waals surface area contributed by atoms with Gasteiger partial charge < -0.3 is 54.2 Å². The summed E-state index contributed by atoms with van der Waals surface area (Å²) in [4.78, 5) is 76.0. The number of hydrogen-bond acceptors (Lipinski definition) is 12. The summed E-state index contributed by atoms with van der Waals surface area (Å²) in [6.07, 6.45) is 1.48. The first-order valence-corrected chi connectivity index (χ1v) is 18.7. The molecule has 2 aliphatic rings. The number of benzene rings is 2. The van der Waals surface area contributed by atoms with Crippen molar-refractivity contribution in [2.24, 2.45) is 0 Å². The summed E-state index contributed by atoms with van der Waals surface area (Å²) in [5.41, 5.74) is 3.86. The number of fused-ring (bicyclic) bond motifs is 1. The van der Waals surface area contributed by atoms with Crippen molar-refractivity contribution in [3.05, 3.63) is 54.5 Å². The quantitative estimate of drug-likeness (QED) is 0.151. The Bertz CT molecular complexity index is 2080. The molecule has 0 radical (unpaired) electrons. The number of imidazole rings is 1. The number of aromatic nitrogens is 3. The number of carbonyl (C=O) groups excluding carboxylic acids is 5. The number of nitrogens with one attached hydrogen (secondary N) is 4. The van der Waals surface area contributed by atoms with E-state index < -0.39 is 54.3 Å². The molecule has 0 unspecified atom stereocenters.